The third kappa shape index (κ3) is 5.22. The lowest BCUT2D eigenvalue weighted by atomic mass is 10.2. The zero-order valence-electron chi connectivity index (χ0n) is 19.7. The summed E-state index contributed by atoms with van der Waals surface area (Å²) in [5, 5.41) is 3.19. The van der Waals surface area contributed by atoms with Gasteiger partial charge >= 0.3 is 0 Å². The largest absolute Gasteiger partial charge is 0.497 e. The molecule has 4 aromatic rings. The summed E-state index contributed by atoms with van der Waals surface area (Å²) in [5.41, 5.74) is 2.03. The monoisotopic (exact) mass is 495 g/mol. The summed E-state index contributed by atoms with van der Waals surface area (Å²) in [4.78, 5) is 9.29. The number of ether oxygens (including phenoxy) is 4. The predicted molar refractivity (Wildman–Crippen MR) is 133 cm³/mol. The third-order valence-electron chi connectivity index (χ3n) is 5.29. The third-order valence-corrected chi connectivity index (χ3v) is 6.93. The highest BCUT2D eigenvalue weighted by Gasteiger charge is 2.25. The van der Waals surface area contributed by atoms with Crippen molar-refractivity contribution >= 4 is 32.4 Å². The predicted octanol–water partition coefficient (Wildman–Crippen LogP) is 4.38. The highest BCUT2D eigenvalue weighted by atomic mass is 32.2. The minimum atomic E-state index is -3.89. The van der Waals surface area contributed by atoms with Crippen LogP contribution in [-0.2, 0) is 15.6 Å². The standard InChI is InChI=1S/C25H25N3O6S/c1-31-17-9-10-23(34-4)24(14-17)35(29,30)15-22-25(28-21-8-6-5-7-20(21)27-22)26-16-11-18(32-2)13-19(12-16)33-3/h5-14H,15H2,1-4H3,(H,26,28). The minimum Gasteiger partial charge on any atom is -0.497 e. The van der Waals surface area contributed by atoms with Crippen LogP contribution in [0.25, 0.3) is 11.0 Å². The van der Waals surface area contributed by atoms with Gasteiger partial charge in [-0.05, 0) is 24.3 Å². The molecular weight excluding hydrogens is 470 g/mol. The number of sulfone groups is 1. The van der Waals surface area contributed by atoms with Crippen LogP contribution in [0.5, 0.6) is 23.0 Å². The first kappa shape index (κ1) is 24.1. The van der Waals surface area contributed by atoms with Gasteiger partial charge in [-0.1, -0.05) is 12.1 Å². The number of aromatic nitrogens is 2. The topological polar surface area (TPSA) is 109 Å². The Bertz CT molecular complexity index is 1450. The fourth-order valence-corrected chi connectivity index (χ4v) is 5.01. The molecule has 0 aliphatic carbocycles. The number of nitrogens with one attached hydrogen (secondary N) is 1. The zero-order chi connectivity index (χ0) is 25.0. The summed E-state index contributed by atoms with van der Waals surface area (Å²) in [5.74, 6) is 1.62. The summed E-state index contributed by atoms with van der Waals surface area (Å²) in [6.45, 7) is 0. The van der Waals surface area contributed by atoms with E-state index in [2.05, 4.69) is 15.3 Å². The number of methoxy groups -OCH3 is 4. The number of nitrogens with zero attached hydrogens (tertiary/aromatic N) is 2. The summed E-state index contributed by atoms with van der Waals surface area (Å²) in [6, 6.07) is 17.1. The molecule has 3 aromatic carbocycles. The summed E-state index contributed by atoms with van der Waals surface area (Å²) < 4.78 is 48.2. The van der Waals surface area contributed by atoms with E-state index in [4.69, 9.17) is 18.9 Å². The van der Waals surface area contributed by atoms with Gasteiger partial charge in [0, 0.05) is 30.0 Å². The van der Waals surface area contributed by atoms with Gasteiger partial charge in [0.05, 0.1) is 45.2 Å². The molecule has 0 spiro atoms. The van der Waals surface area contributed by atoms with Gasteiger partial charge in [-0.25, -0.2) is 18.4 Å². The van der Waals surface area contributed by atoms with Gasteiger partial charge < -0.3 is 24.3 Å². The second-order valence-corrected chi connectivity index (χ2v) is 9.47. The molecule has 0 atom stereocenters. The Morgan fingerprint density at radius 1 is 0.743 bits per heavy atom. The quantitative estimate of drug-likeness (QED) is 0.362. The maximum absolute atomic E-state index is 13.5. The minimum absolute atomic E-state index is 0.00306. The lowest BCUT2D eigenvalue weighted by Gasteiger charge is -2.15. The summed E-state index contributed by atoms with van der Waals surface area (Å²) in [7, 11) is 2.09. The molecule has 1 aromatic heterocycles. The first-order valence-corrected chi connectivity index (χ1v) is 12.2. The van der Waals surface area contributed by atoms with E-state index in [0.717, 1.165) is 0 Å². The van der Waals surface area contributed by atoms with E-state index < -0.39 is 15.6 Å². The molecular formula is C25H25N3O6S. The number of anilines is 2. The van der Waals surface area contributed by atoms with Gasteiger partial charge in [0.25, 0.3) is 0 Å². The van der Waals surface area contributed by atoms with Crippen LogP contribution in [0.2, 0.25) is 0 Å². The first-order valence-electron chi connectivity index (χ1n) is 10.6. The van der Waals surface area contributed by atoms with Crippen molar-refractivity contribution in [1.82, 2.24) is 9.97 Å². The Morgan fingerprint density at radius 3 is 1.97 bits per heavy atom. The summed E-state index contributed by atoms with van der Waals surface area (Å²) in [6.07, 6.45) is 0. The second-order valence-electron chi connectivity index (χ2n) is 7.51. The first-order chi connectivity index (χ1) is 16.9. The molecule has 4 rings (SSSR count). The van der Waals surface area contributed by atoms with Crippen molar-refractivity contribution < 1.29 is 27.4 Å². The normalized spacial score (nSPS) is 11.2. The van der Waals surface area contributed by atoms with Gasteiger partial charge in [-0.3, -0.25) is 0 Å². The lowest BCUT2D eigenvalue weighted by Crippen LogP contribution is -2.11. The molecule has 0 bridgehead atoms. The fraction of sp³-hybridized carbons (Fsp3) is 0.200. The van der Waals surface area contributed by atoms with Crippen LogP contribution in [0.15, 0.2) is 65.6 Å². The molecule has 0 saturated heterocycles. The molecule has 0 radical (unpaired) electrons. The molecule has 9 nitrogen and oxygen atoms in total. The van der Waals surface area contributed by atoms with Gasteiger partial charge in [0.1, 0.15) is 33.6 Å². The molecule has 1 N–H and O–H groups in total. The summed E-state index contributed by atoms with van der Waals surface area (Å²) >= 11 is 0. The maximum atomic E-state index is 13.5. The molecule has 0 aliphatic rings. The van der Waals surface area contributed by atoms with E-state index in [-0.39, 0.29) is 16.3 Å². The van der Waals surface area contributed by atoms with Crippen LogP contribution >= 0.6 is 0 Å². The van der Waals surface area contributed by atoms with E-state index >= 15 is 0 Å². The number of hydrogen-bond donors (Lipinski definition) is 1. The second kappa shape index (κ2) is 10.1. The van der Waals surface area contributed by atoms with Gasteiger partial charge in [-0.2, -0.15) is 0 Å². The molecule has 0 unspecified atom stereocenters. The fourth-order valence-electron chi connectivity index (χ4n) is 3.54. The van der Waals surface area contributed by atoms with Crippen LogP contribution in [0.4, 0.5) is 11.5 Å². The average Bonchev–Trinajstić information content (AvgIpc) is 2.88. The van der Waals surface area contributed by atoms with Crippen molar-refractivity contribution in [2.75, 3.05) is 33.8 Å². The number of rotatable bonds is 9. The Hall–Kier alpha value is -4.05. The van der Waals surface area contributed by atoms with Crippen LogP contribution in [0.3, 0.4) is 0 Å². The number of fused-ring (bicyclic) bond motifs is 1. The molecule has 10 heteroatoms. The molecule has 0 saturated carbocycles. The number of hydrogen-bond acceptors (Lipinski definition) is 9. The van der Waals surface area contributed by atoms with Crippen molar-refractivity contribution in [3.8, 4) is 23.0 Å². The van der Waals surface area contributed by atoms with E-state index in [1.54, 1.807) is 50.6 Å². The Kier molecular flexibility index (Phi) is 6.92. The van der Waals surface area contributed by atoms with Gasteiger partial charge in [-0.15, -0.1) is 0 Å². The Labute approximate surface area is 203 Å². The van der Waals surface area contributed by atoms with Crippen molar-refractivity contribution in [1.29, 1.82) is 0 Å². The van der Waals surface area contributed by atoms with E-state index in [1.807, 2.05) is 18.2 Å². The van der Waals surface area contributed by atoms with Crippen LogP contribution in [0.1, 0.15) is 5.69 Å². The molecule has 35 heavy (non-hydrogen) atoms. The molecule has 182 valence electrons. The van der Waals surface area contributed by atoms with Crippen molar-refractivity contribution in [2.45, 2.75) is 10.6 Å². The molecule has 0 aliphatic heterocycles. The zero-order valence-corrected chi connectivity index (χ0v) is 20.5. The Morgan fingerprint density at radius 2 is 1.37 bits per heavy atom. The smallest absolute Gasteiger partial charge is 0.188 e. The number of para-hydroxylation sites is 2. The molecule has 0 amide bonds. The average molecular weight is 496 g/mol. The van der Waals surface area contributed by atoms with Gasteiger partial charge in [0.2, 0.25) is 0 Å². The highest BCUT2D eigenvalue weighted by molar-refractivity contribution is 7.90. The van der Waals surface area contributed by atoms with E-state index in [9.17, 15) is 8.42 Å². The van der Waals surface area contributed by atoms with Crippen LogP contribution in [0, 0.1) is 0 Å². The SMILES string of the molecule is COc1cc(Nc2nc3ccccc3nc2CS(=O)(=O)c2cc(OC)ccc2OC)cc(OC)c1. The van der Waals surface area contributed by atoms with E-state index in [1.165, 1.54) is 20.3 Å². The molecule has 1 heterocycles. The van der Waals surface area contributed by atoms with Gasteiger partial charge in [0.15, 0.2) is 15.7 Å². The van der Waals surface area contributed by atoms with Crippen molar-refractivity contribution in [3.05, 3.63) is 66.4 Å². The van der Waals surface area contributed by atoms with Crippen molar-refractivity contribution in [3.63, 3.8) is 0 Å². The van der Waals surface area contributed by atoms with Crippen LogP contribution < -0.4 is 24.3 Å². The molecule has 0 fully saturated rings. The number of benzene rings is 3. The Balaban J connectivity index is 1.81. The van der Waals surface area contributed by atoms with Crippen LogP contribution in [-0.4, -0.2) is 46.8 Å². The lowest BCUT2D eigenvalue weighted by molar-refractivity contribution is 0.392. The highest BCUT2D eigenvalue weighted by Crippen LogP contribution is 2.33. The van der Waals surface area contributed by atoms with Crippen molar-refractivity contribution in [2.24, 2.45) is 0 Å². The van der Waals surface area contributed by atoms with E-state index in [0.29, 0.717) is 39.8 Å². The maximum Gasteiger partial charge on any atom is 0.188 e.